The van der Waals surface area contributed by atoms with E-state index in [1.165, 1.54) is 6.42 Å². The van der Waals surface area contributed by atoms with Gasteiger partial charge in [0.05, 0.1) is 12.1 Å². The molecule has 29 heavy (non-hydrogen) atoms. The maximum atomic E-state index is 13.5. The van der Waals surface area contributed by atoms with Gasteiger partial charge >= 0.3 is 0 Å². The summed E-state index contributed by atoms with van der Waals surface area (Å²) in [6, 6.07) is 6.19. The standard InChI is InChI=1S/C23H30N2O4/c1-14-6-5-7-20(15(14)2)25(23(26)11-19-16(3)24-29-17(19)4)12-18-8-9-21-22(10-18)28-13-27-21/h8-10,14-15,20H,5-7,11-13H2,1-4H3. The van der Waals surface area contributed by atoms with E-state index in [1.807, 2.05) is 32.0 Å². The molecule has 0 radical (unpaired) electrons. The molecule has 2 aromatic rings. The van der Waals surface area contributed by atoms with Crippen LogP contribution in [0, 0.1) is 25.7 Å². The lowest BCUT2D eigenvalue weighted by molar-refractivity contribution is -0.136. The van der Waals surface area contributed by atoms with E-state index < -0.39 is 0 Å². The summed E-state index contributed by atoms with van der Waals surface area (Å²) in [5.41, 5.74) is 2.76. The molecular formula is C23H30N2O4. The first-order valence-electron chi connectivity index (χ1n) is 10.5. The molecule has 1 fully saturated rings. The van der Waals surface area contributed by atoms with E-state index in [1.54, 1.807) is 0 Å². The number of ether oxygens (including phenoxy) is 2. The topological polar surface area (TPSA) is 64.8 Å². The van der Waals surface area contributed by atoms with Crippen LogP contribution in [0.1, 0.15) is 55.7 Å². The Kier molecular flexibility index (Phi) is 5.52. The first kappa shape index (κ1) is 19.8. The Morgan fingerprint density at radius 2 is 1.97 bits per heavy atom. The molecule has 6 heteroatoms. The molecule has 3 atom stereocenters. The van der Waals surface area contributed by atoms with Crippen LogP contribution in [0.15, 0.2) is 22.7 Å². The number of carbonyl (C=O) groups excluding carboxylic acids is 1. The molecule has 3 unspecified atom stereocenters. The van der Waals surface area contributed by atoms with Crippen molar-refractivity contribution in [1.29, 1.82) is 0 Å². The smallest absolute Gasteiger partial charge is 0.231 e. The molecule has 0 saturated heterocycles. The van der Waals surface area contributed by atoms with Gasteiger partial charge in [-0.1, -0.05) is 37.9 Å². The number of rotatable bonds is 5. The molecule has 0 spiro atoms. The van der Waals surface area contributed by atoms with Crippen LogP contribution < -0.4 is 9.47 Å². The molecule has 0 N–H and O–H groups in total. The Balaban J connectivity index is 1.60. The maximum absolute atomic E-state index is 13.5. The zero-order chi connectivity index (χ0) is 20.5. The first-order valence-corrected chi connectivity index (χ1v) is 10.5. The summed E-state index contributed by atoms with van der Waals surface area (Å²) in [4.78, 5) is 15.6. The molecule has 0 bridgehead atoms. The van der Waals surface area contributed by atoms with E-state index in [0.717, 1.165) is 46.9 Å². The van der Waals surface area contributed by atoms with Crippen molar-refractivity contribution in [2.45, 2.75) is 66.0 Å². The minimum atomic E-state index is 0.128. The first-order chi connectivity index (χ1) is 13.9. The van der Waals surface area contributed by atoms with Crippen LogP contribution >= 0.6 is 0 Å². The third-order valence-corrected chi connectivity index (χ3v) is 6.68. The highest BCUT2D eigenvalue weighted by atomic mass is 16.7. The molecule has 1 aliphatic carbocycles. The van der Waals surface area contributed by atoms with Crippen LogP contribution in [0.5, 0.6) is 11.5 Å². The fraction of sp³-hybridized carbons (Fsp3) is 0.565. The van der Waals surface area contributed by atoms with Crippen molar-refractivity contribution in [3.8, 4) is 11.5 Å². The fourth-order valence-electron chi connectivity index (χ4n) is 4.63. The lowest BCUT2D eigenvalue weighted by Gasteiger charge is -2.42. The number of aryl methyl sites for hydroxylation is 2. The molecule has 1 amide bonds. The van der Waals surface area contributed by atoms with Crippen molar-refractivity contribution in [1.82, 2.24) is 10.1 Å². The van der Waals surface area contributed by atoms with E-state index in [-0.39, 0.29) is 18.7 Å². The minimum Gasteiger partial charge on any atom is -0.454 e. The third kappa shape index (κ3) is 3.98. The van der Waals surface area contributed by atoms with Crippen molar-refractivity contribution in [3.63, 3.8) is 0 Å². The molecule has 2 heterocycles. The maximum Gasteiger partial charge on any atom is 0.231 e. The molecule has 156 valence electrons. The number of hydrogen-bond acceptors (Lipinski definition) is 5. The van der Waals surface area contributed by atoms with E-state index in [4.69, 9.17) is 14.0 Å². The van der Waals surface area contributed by atoms with Crippen LogP contribution in [0.2, 0.25) is 0 Å². The van der Waals surface area contributed by atoms with Crippen LogP contribution in [-0.2, 0) is 17.8 Å². The highest BCUT2D eigenvalue weighted by Gasteiger charge is 2.34. The summed E-state index contributed by atoms with van der Waals surface area (Å²) < 4.78 is 16.2. The van der Waals surface area contributed by atoms with Crippen molar-refractivity contribution in [2.75, 3.05) is 6.79 Å². The van der Waals surface area contributed by atoms with Crippen LogP contribution in [0.3, 0.4) is 0 Å². The highest BCUT2D eigenvalue weighted by molar-refractivity contribution is 5.79. The van der Waals surface area contributed by atoms with Crippen LogP contribution in [-0.4, -0.2) is 28.8 Å². The van der Waals surface area contributed by atoms with Gasteiger partial charge in [-0.05, 0) is 49.8 Å². The Hall–Kier alpha value is -2.50. The summed E-state index contributed by atoms with van der Waals surface area (Å²) in [5, 5.41) is 4.02. The number of hydrogen-bond donors (Lipinski definition) is 0. The Morgan fingerprint density at radius 1 is 1.17 bits per heavy atom. The summed E-state index contributed by atoms with van der Waals surface area (Å²) in [6.07, 6.45) is 3.76. The van der Waals surface area contributed by atoms with Crippen molar-refractivity contribution >= 4 is 5.91 Å². The average molecular weight is 399 g/mol. The molecule has 1 aromatic carbocycles. The second-order valence-electron chi connectivity index (χ2n) is 8.52. The van der Waals surface area contributed by atoms with Crippen LogP contribution in [0.25, 0.3) is 0 Å². The summed E-state index contributed by atoms with van der Waals surface area (Å²) in [5.74, 6) is 3.45. The third-order valence-electron chi connectivity index (χ3n) is 6.68. The molecular weight excluding hydrogens is 368 g/mol. The molecule has 4 rings (SSSR count). The predicted octanol–water partition coefficient (Wildman–Crippen LogP) is 4.42. The molecule has 2 aliphatic rings. The number of aromatic nitrogens is 1. The van der Waals surface area contributed by atoms with Gasteiger partial charge in [0.25, 0.3) is 0 Å². The van der Waals surface area contributed by atoms with Gasteiger partial charge in [-0.15, -0.1) is 0 Å². The lowest BCUT2D eigenvalue weighted by atomic mass is 9.77. The summed E-state index contributed by atoms with van der Waals surface area (Å²) in [7, 11) is 0. The van der Waals surface area contributed by atoms with Gasteiger partial charge in [0.1, 0.15) is 5.76 Å². The van der Waals surface area contributed by atoms with Crippen LogP contribution in [0.4, 0.5) is 0 Å². The Labute approximate surface area is 172 Å². The molecule has 6 nitrogen and oxygen atoms in total. The number of amides is 1. The SMILES string of the molecule is Cc1noc(C)c1CC(=O)N(Cc1ccc2c(c1)OCO2)C1CCCC(C)C1C. The summed E-state index contributed by atoms with van der Waals surface area (Å²) >= 11 is 0. The second kappa shape index (κ2) is 8.09. The van der Waals surface area contributed by atoms with Gasteiger partial charge < -0.3 is 18.9 Å². The zero-order valence-electron chi connectivity index (χ0n) is 17.7. The quantitative estimate of drug-likeness (QED) is 0.746. The van der Waals surface area contributed by atoms with E-state index in [9.17, 15) is 4.79 Å². The molecule has 1 aliphatic heterocycles. The zero-order valence-corrected chi connectivity index (χ0v) is 17.7. The minimum absolute atomic E-state index is 0.128. The van der Waals surface area contributed by atoms with E-state index >= 15 is 0 Å². The van der Waals surface area contributed by atoms with Crippen molar-refractivity contribution in [3.05, 3.63) is 40.8 Å². The lowest BCUT2D eigenvalue weighted by Crippen LogP contribution is -2.47. The number of fused-ring (bicyclic) bond motifs is 1. The van der Waals surface area contributed by atoms with E-state index in [2.05, 4.69) is 23.9 Å². The van der Waals surface area contributed by atoms with Gasteiger partial charge in [0.2, 0.25) is 12.7 Å². The highest BCUT2D eigenvalue weighted by Crippen LogP contribution is 2.36. The Bertz CT molecular complexity index is 871. The summed E-state index contributed by atoms with van der Waals surface area (Å²) in [6.45, 7) is 9.17. The number of benzene rings is 1. The number of nitrogens with zero attached hydrogens (tertiary/aromatic N) is 2. The average Bonchev–Trinajstić information content (AvgIpc) is 3.29. The van der Waals surface area contributed by atoms with Gasteiger partial charge in [-0.25, -0.2) is 0 Å². The number of carbonyl (C=O) groups is 1. The van der Waals surface area contributed by atoms with Gasteiger partial charge in [0, 0.05) is 18.2 Å². The monoisotopic (exact) mass is 398 g/mol. The largest absolute Gasteiger partial charge is 0.454 e. The van der Waals surface area contributed by atoms with Gasteiger partial charge in [-0.3, -0.25) is 4.79 Å². The molecule has 1 aromatic heterocycles. The predicted molar refractivity (Wildman–Crippen MR) is 109 cm³/mol. The van der Waals surface area contributed by atoms with Crippen molar-refractivity contribution in [2.24, 2.45) is 11.8 Å². The normalized spacial score (nSPS) is 23.2. The second-order valence-corrected chi connectivity index (χ2v) is 8.52. The Morgan fingerprint density at radius 3 is 2.72 bits per heavy atom. The van der Waals surface area contributed by atoms with Gasteiger partial charge in [-0.2, -0.15) is 0 Å². The van der Waals surface area contributed by atoms with Crippen molar-refractivity contribution < 1.29 is 18.8 Å². The van der Waals surface area contributed by atoms with E-state index in [0.29, 0.717) is 24.8 Å². The molecule has 1 saturated carbocycles. The van der Waals surface area contributed by atoms with Gasteiger partial charge in [0.15, 0.2) is 11.5 Å². The fourth-order valence-corrected chi connectivity index (χ4v) is 4.63.